The molecule has 0 spiro atoms. The van der Waals surface area contributed by atoms with Crippen LogP contribution in [0.25, 0.3) is 0 Å². The van der Waals surface area contributed by atoms with Gasteiger partial charge in [0.05, 0.1) is 0 Å². The molecule has 0 saturated heterocycles. The average molecular weight is 676 g/mol. The fourth-order valence-electron chi connectivity index (χ4n) is 3.77. The number of halogens is 4. The first kappa shape index (κ1) is 35.4. The van der Waals surface area contributed by atoms with Crippen molar-refractivity contribution in [3.63, 3.8) is 0 Å². The molecule has 4 nitrogen and oxygen atoms in total. The van der Waals surface area contributed by atoms with Crippen molar-refractivity contribution in [1.82, 2.24) is 21.3 Å². The van der Waals surface area contributed by atoms with Gasteiger partial charge in [0.25, 0.3) is 0 Å². The lowest BCUT2D eigenvalue weighted by molar-refractivity contribution is 0.422. The van der Waals surface area contributed by atoms with E-state index in [1.165, 1.54) is 96.8 Å². The molecule has 2 rings (SSSR count). The maximum Gasteiger partial charge on any atom is -0.00205 e. The monoisotopic (exact) mass is 672 g/mol. The van der Waals surface area contributed by atoms with Gasteiger partial charge >= 0.3 is 0 Å². The molecule has 0 radical (unpaired) electrons. The van der Waals surface area contributed by atoms with Crippen LogP contribution in [0.2, 0.25) is 0 Å². The molecule has 0 aliphatic heterocycles. The van der Waals surface area contributed by atoms with Crippen LogP contribution in [0.4, 0.5) is 0 Å². The first-order valence-corrected chi connectivity index (χ1v) is 11.3. The second-order valence-corrected chi connectivity index (χ2v) is 8.27. The summed E-state index contributed by atoms with van der Waals surface area (Å²) >= 11 is 0. The van der Waals surface area contributed by atoms with E-state index in [4.69, 9.17) is 0 Å². The number of hydrogen-bond donors (Lipinski definition) is 4. The quantitative estimate of drug-likeness (QED) is 0.134. The van der Waals surface area contributed by atoms with Gasteiger partial charge in [-0.15, -0.1) is 67.9 Å². The van der Waals surface area contributed by atoms with Gasteiger partial charge in [-0.2, -0.15) is 0 Å². The van der Waals surface area contributed by atoms with Crippen LogP contribution >= 0.6 is 67.9 Å². The molecule has 2 fully saturated rings. The van der Waals surface area contributed by atoms with Crippen molar-refractivity contribution in [2.45, 2.75) is 70.6 Å². The van der Waals surface area contributed by atoms with Gasteiger partial charge in [0.15, 0.2) is 0 Å². The van der Waals surface area contributed by atoms with Gasteiger partial charge in [-0.3, -0.25) is 0 Å². The molecule has 29 heavy (non-hydrogen) atoms. The van der Waals surface area contributed by atoms with Crippen LogP contribution in [0.5, 0.6) is 0 Å². The van der Waals surface area contributed by atoms with E-state index < -0.39 is 0 Å². The van der Waals surface area contributed by atoms with Crippen LogP contribution in [0.3, 0.4) is 0 Å². The molecule has 180 valence electrons. The Morgan fingerprint density at radius 2 is 0.759 bits per heavy atom. The number of nitrogens with one attached hydrogen (secondary N) is 4. The van der Waals surface area contributed by atoms with Gasteiger partial charge in [0, 0.05) is 0 Å². The number of hydrogen-bond acceptors (Lipinski definition) is 4. The largest absolute Gasteiger partial charge is 0.317 e. The molecular weight excluding hydrogens is 628 g/mol. The number of rotatable bonds is 16. The predicted octanol–water partition coefficient (Wildman–Crippen LogP) is 5.21. The Labute approximate surface area is 222 Å². The topological polar surface area (TPSA) is 48.1 Å². The maximum absolute atomic E-state index is 3.67. The highest BCUT2D eigenvalue weighted by Crippen LogP contribution is 2.27. The lowest BCUT2D eigenvalue weighted by atomic mass is 10.0. The minimum absolute atomic E-state index is 0. The minimum Gasteiger partial charge on any atom is -0.317 e. The Kier molecular flexibility index (Phi) is 31.7. The zero-order valence-electron chi connectivity index (χ0n) is 18.2. The van der Waals surface area contributed by atoms with E-state index in [1.807, 2.05) is 0 Å². The molecule has 0 aromatic rings. The van der Waals surface area contributed by atoms with Crippen LogP contribution in [0.1, 0.15) is 70.6 Å². The summed E-state index contributed by atoms with van der Waals surface area (Å²) in [4.78, 5) is 0. The van der Waals surface area contributed by atoms with Crippen molar-refractivity contribution in [2.75, 3.05) is 52.4 Å². The van der Waals surface area contributed by atoms with Crippen LogP contribution in [-0.2, 0) is 0 Å². The molecule has 0 heterocycles. The van der Waals surface area contributed by atoms with E-state index in [0.29, 0.717) is 0 Å². The minimum atomic E-state index is 0. The van der Waals surface area contributed by atoms with E-state index in [0.717, 1.165) is 38.0 Å². The first-order chi connectivity index (χ1) is 12.4. The zero-order valence-corrected chi connectivity index (χ0v) is 25.1. The maximum atomic E-state index is 3.67. The summed E-state index contributed by atoms with van der Waals surface area (Å²) in [5, 5.41) is 14.3. The van der Waals surface area contributed by atoms with E-state index in [1.54, 1.807) is 0 Å². The average Bonchev–Trinajstić information content (AvgIpc) is 3.46. The van der Waals surface area contributed by atoms with Gasteiger partial charge in [-0.1, -0.05) is 25.7 Å². The summed E-state index contributed by atoms with van der Waals surface area (Å²) in [6, 6.07) is 0. The van der Waals surface area contributed by atoms with Gasteiger partial charge < -0.3 is 21.3 Å². The second kappa shape index (κ2) is 26.0. The standard InChI is InChI=1S/C21H44N4.4BrH/c1-2-4-9-20(8-3-1)18-24-16-6-14-22-12-5-13-23-15-7-17-25-19-21-10-11-21;;;;/h20-25H,1-19H2;4*1H. The van der Waals surface area contributed by atoms with Crippen molar-refractivity contribution < 1.29 is 0 Å². The van der Waals surface area contributed by atoms with E-state index in [9.17, 15) is 0 Å². The normalized spacial score (nSPS) is 16.6. The summed E-state index contributed by atoms with van der Waals surface area (Å²) in [6.45, 7) is 9.46. The summed E-state index contributed by atoms with van der Waals surface area (Å²) in [7, 11) is 0. The van der Waals surface area contributed by atoms with Crippen LogP contribution < -0.4 is 21.3 Å². The van der Waals surface area contributed by atoms with Gasteiger partial charge in [0.1, 0.15) is 0 Å². The Morgan fingerprint density at radius 3 is 1.14 bits per heavy atom. The van der Waals surface area contributed by atoms with Crippen LogP contribution in [0.15, 0.2) is 0 Å². The highest BCUT2D eigenvalue weighted by molar-refractivity contribution is 8.93. The molecule has 8 heteroatoms. The second-order valence-electron chi connectivity index (χ2n) is 8.27. The highest BCUT2D eigenvalue weighted by Gasteiger charge is 2.19. The Bertz CT molecular complexity index is 302. The molecular formula is C21H48Br4N4. The van der Waals surface area contributed by atoms with E-state index >= 15 is 0 Å². The predicted molar refractivity (Wildman–Crippen MR) is 151 cm³/mol. The lowest BCUT2D eigenvalue weighted by Gasteiger charge is -2.14. The fraction of sp³-hybridized carbons (Fsp3) is 1.00. The van der Waals surface area contributed by atoms with Gasteiger partial charge in [-0.25, -0.2) is 0 Å². The van der Waals surface area contributed by atoms with Gasteiger partial charge in [-0.05, 0) is 109 Å². The third-order valence-corrected chi connectivity index (χ3v) is 5.66. The summed E-state index contributed by atoms with van der Waals surface area (Å²) in [5.41, 5.74) is 0. The molecule has 2 aliphatic carbocycles. The van der Waals surface area contributed by atoms with Crippen molar-refractivity contribution in [2.24, 2.45) is 11.8 Å². The van der Waals surface area contributed by atoms with Crippen molar-refractivity contribution in [1.29, 1.82) is 0 Å². The van der Waals surface area contributed by atoms with Gasteiger partial charge in [0.2, 0.25) is 0 Å². The lowest BCUT2D eigenvalue weighted by Crippen LogP contribution is -2.28. The third kappa shape index (κ3) is 22.7. The Morgan fingerprint density at radius 1 is 0.414 bits per heavy atom. The van der Waals surface area contributed by atoms with E-state index in [2.05, 4.69) is 21.3 Å². The van der Waals surface area contributed by atoms with Crippen molar-refractivity contribution in [3.8, 4) is 0 Å². The van der Waals surface area contributed by atoms with Crippen LogP contribution in [-0.4, -0.2) is 52.4 Å². The molecule has 0 aromatic carbocycles. The molecule has 0 atom stereocenters. The molecule has 2 saturated carbocycles. The SMILES string of the molecule is Br.Br.Br.Br.C1CCCC(CNCCCNCCCNCCCNCC2CC2)CC1. The van der Waals surface area contributed by atoms with E-state index in [-0.39, 0.29) is 67.9 Å². The fourth-order valence-corrected chi connectivity index (χ4v) is 3.77. The molecule has 4 N–H and O–H groups in total. The molecule has 2 aliphatic rings. The third-order valence-electron chi connectivity index (χ3n) is 5.66. The zero-order chi connectivity index (χ0) is 17.4. The Balaban J connectivity index is -0.00000169. The highest BCUT2D eigenvalue weighted by atomic mass is 79.9. The summed E-state index contributed by atoms with van der Waals surface area (Å²) < 4.78 is 0. The summed E-state index contributed by atoms with van der Waals surface area (Å²) in [6.07, 6.45) is 15.4. The molecule has 0 aromatic heterocycles. The van der Waals surface area contributed by atoms with Crippen LogP contribution in [0, 0.1) is 11.8 Å². The molecule has 0 amide bonds. The summed E-state index contributed by atoms with van der Waals surface area (Å²) in [5.74, 6) is 1.96. The molecule has 0 unspecified atom stereocenters. The molecule has 0 bridgehead atoms. The first-order valence-electron chi connectivity index (χ1n) is 11.3. The Hall–Kier alpha value is 1.76. The smallest absolute Gasteiger partial charge is 0.00205 e. The van der Waals surface area contributed by atoms with Crippen molar-refractivity contribution >= 4 is 67.9 Å². The van der Waals surface area contributed by atoms with Crippen molar-refractivity contribution in [3.05, 3.63) is 0 Å².